The van der Waals surface area contributed by atoms with Gasteiger partial charge in [-0.05, 0) is 37.1 Å². The van der Waals surface area contributed by atoms with Crippen LogP contribution in [-0.2, 0) is 9.53 Å². The molecular formula is C13H16BrNO4. The van der Waals surface area contributed by atoms with Crippen molar-refractivity contribution in [3.63, 3.8) is 0 Å². The molecule has 0 aromatic heterocycles. The lowest BCUT2D eigenvalue weighted by atomic mass is 10.1. The predicted molar refractivity (Wildman–Crippen MR) is 74.7 cm³/mol. The quantitative estimate of drug-likeness (QED) is 0.659. The molecule has 0 aliphatic heterocycles. The van der Waals surface area contributed by atoms with Crippen LogP contribution in [0.3, 0.4) is 0 Å². The van der Waals surface area contributed by atoms with Crippen molar-refractivity contribution in [3.05, 3.63) is 28.8 Å². The zero-order chi connectivity index (χ0) is 14.6. The molecule has 104 valence electrons. The van der Waals surface area contributed by atoms with Crippen molar-refractivity contribution < 1.29 is 19.1 Å². The average Bonchev–Trinajstić information content (AvgIpc) is 2.36. The first kappa shape index (κ1) is 15.5. The van der Waals surface area contributed by atoms with Crippen molar-refractivity contribution in [2.45, 2.75) is 18.7 Å². The maximum atomic E-state index is 11.2. The van der Waals surface area contributed by atoms with Crippen LogP contribution in [0, 0.1) is 13.8 Å². The van der Waals surface area contributed by atoms with Gasteiger partial charge in [0.1, 0.15) is 17.2 Å². The first-order chi connectivity index (χ1) is 8.86. The summed E-state index contributed by atoms with van der Waals surface area (Å²) < 4.78 is 10.2. The molecule has 2 N–H and O–H groups in total. The van der Waals surface area contributed by atoms with Gasteiger partial charge < -0.3 is 15.2 Å². The number of carbonyl (C=O) groups is 2. The molecule has 0 heterocycles. The number of alkyl halides is 1. The number of amides is 1. The molecule has 1 aromatic carbocycles. The second-order valence-electron chi connectivity index (χ2n) is 4.11. The molecule has 0 aliphatic carbocycles. The van der Waals surface area contributed by atoms with Crippen LogP contribution in [0.4, 0.5) is 0 Å². The van der Waals surface area contributed by atoms with Crippen LogP contribution < -0.4 is 10.5 Å². The molecule has 0 saturated heterocycles. The van der Waals surface area contributed by atoms with E-state index in [4.69, 9.17) is 10.5 Å². The topological polar surface area (TPSA) is 78.6 Å². The SMILES string of the molecule is COC(=O)C(Br)COc1c(C)cc(C(N)=O)cc1C. The van der Waals surface area contributed by atoms with Crippen molar-refractivity contribution in [2.75, 3.05) is 13.7 Å². The van der Waals surface area contributed by atoms with Crippen LogP contribution in [-0.4, -0.2) is 30.4 Å². The van der Waals surface area contributed by atoms with Gasteiger partial charge in [0, 0.05) is 5.56 Å². The summed E-state index contributed by atoms with van der Waals surface area (Å²) in [6.45, 7) is 3.77. The van der Waals surface area contributed by atoms with Gasteiger partial charge in [-0.2, -0.15) is 0 Å². The minimum atomic E-state index is -0.535. The number of benzene rings is 1. The van der Waals surface area contributed by atoms with Gasteiger partial charge in [-0.15, -0.1) is 0 Å². The van der Waals surface area contributed by atoms with Gasteiger partial charge in [0.05, 0.1) is 7.11 Å². The molecule has 0 radical (unpaired) electrons. The van der Waals surface area contributed by atoms with E-state index in [0.717, 1.165) is 11.1 Å². The second kappa shape index (κ2) is 6.56. The second-order valence-corrected chi connectivity index (χ2v) is 5.21. The van der Waals surface area contributed by atoms with Crippen molar-refractivity contribution >= 4 is 27.8 Å². The lowest BCUT2D eigenvalue weighted by Gasteiger charge is -2.15. The number of hydrogen-bond donors (Lipinski definition) is 1. The Labute approximate surface area is 120 Å². The molecule has 1 aromatic rings. The maximum Gasteiger partial charge on any atom is 0.322 e. The molecule has 1 amide bonds. The van der Waals surface area contributed by atoms with E-state index in [2.05, 4.69) is 20.7 Å². The number of hydrogen-bond acceptors (Lipinski definition) is 4. The van der Waals surface area contributed by atoms with E-state index in [9.17, 15) is 9.59 Å². The maximum absolute atomic E-state index is 11.2. The fraction of sp³-hybridized carbons (Fsp3) is 0.385. The van der Waals surface area contributed by atoms with Crippen molar-refractivity contribution in [2.24, 2.45) is 5.73 Å². The van der Waals surface area contributed by atoms with E-state index in [1.54, 1.807) is 12.1 Å². The molecule has 5 nitrogen and oxygen atoms in total. The van der Waals surface area contributed by atoms with E-state index in [-0.39, 0.29) is 6.61 Å². The van der Waals surface area contributed by atoms with Gasteiger partial charge in [-0.3, -0.25) is 9.59 Å². The van der Waals surface area contributed by atoms with Gasteiger partial charge in [-0.25, -0.2) is 0 Å². The average molecular weight is 330 g/mol. The van der Waals surface area contributed by atoms with E-state index < -0.39 is 16.7 Å². The number of rotatable bonds is 5. The highest BCUT2D eigenvalue weighted by Gasteiger charge is 2.17. The monoisotopic (exact) mass is 329 g/mol. The van der Waals surface area contributed by atoms with E-state index in [1.165, 1.54) is 7.11 Å². The lowest BCUT2D eigenvalue weighted by Crippen LogP contribution is -2.23. The highest BCUT2D eigenvalue weighted by molar-refractivity contribution is 9.10. The van der Waals surface area contributed by atoms with E-state index >= 15 is 0 Å². The van der Waals surface area contributed by atoms with E-state index in [0.29, 0.717) is 11.3 Å². The summed E-state index contributed by atoms with van der Waals surface area (Å²) in [5, 5.41) is 0. The third-order valence-corrected chi connectivity index (χ3v) is 3.21. The number of carbonyl (C=O) groups excluding carboxylic acids is 2. The van der Waals surface area contributed by atoms with E-state index in [1.807, 2.05) is 13.8 Å². The number of ether oxygens (including phenoxy) is 2. The fourth-order valence-corrected chi connectivity index (χ4v) is 1.99. The standard InChI is InChI=1S/C13H16BrNO4/c1-7-4-9(12(15)16)5-8(2)11(7)19-6-10(14)13(17)18-3/h4-5,10H,6H2,1-3H3,(H2,15,16). The molecule has 19 heavy (non-hydrogen) atoms. The Kier molecular flexibility index (Phi) is 5.35. The Morgan fingerprint density at radius 1 is 1.32 bits per heavy atom. The van der Waals surface area contributed by atoms with Gasteiger partial charge in [0.15, 0.2) is 0 Å². The van der Waals surface area contributed by atoms with Crippen LogP contribution in [0.5, 0.6) is 5.75 Å². The smallest absolute Gasteiger partial charge is 0.322 e. The van der Waals surface area contributed by atoms with Crippen molar-refractivity contribution in [1.29, 1.82) is 0 Å². The zero-order valence-corrected chi connectivity index (χ0v) is 12.6. The molecule has 0 aliphatic rings. The Morgan fingerprint density at radius 2 is 1.84 bits per heavy atom. The summed E-state index contributed by atoms with van der Waals surface area (Å²) in [5.74, 6) is -0.243. The normalized spacial score (nSPS) is 11.8. The van der Waals surface area contributed by atoms with Crippen LogP contribution in [0.2, 0.25) is 0 Å². The summed E-state index contributed by atoms with van der Waals surface area (Å²) in [5.41, 5.74) is 7.25. The van der Waals surface area contributed by atoms with Crippen molar-refractivity contribution in [3.8, 4) is 5.75 Å². The summed E-state index contributed by atoms with van der Waals surface area (Å²) in [7, 11) is 1.31. The first-order valence-electron chi connectivity index (χ1n) is 5.62. The highest BCUT2D eigenvalue weighted by Crippen LogP contribution is 2.25. The highest BCUT2D eigenvalue weighted by atomic mass is 79.9. The minimum absolute atomic E-state index is 0.143. The fourth-order valence-electron chi connectivity index (χ4n) is 1.67. The number of esters is 1. The Morgan fingerprint density at radius 3 is 2.26 bits per heavy atom. The predicted octanol–water partition coefficient (Wildman–Crippen LogP) is 1.72. The Bertz CT molecular complexity index is 478. The molecule has 0 saturated carbocycles. The molecule has 0 fully saturated rings. The lowest BCUT2D eigenvalue weighted by molar-refractivity contribution is -0.140. The summed E-state index contributed by atoms with van der Waals surface area (Å²) in [6.07, 6.45) is 0. The third kappa shape index (κ3) is 3.96. The zero-order valence-electron chi connectivity index (χ0n) is 11.0. The van der Waals surface area contributed by atoms with Crippen LogP contribution in [0.25, 0.3) is 0 Å². The summed E-state index contributed by atoms with van der Waals surface area (Å²) >= 11 is 3.17. The number of aryl methyl sites for hydroxylation is 2. The molecule has 0 spiro atoms. The largest absolute Gasteiger partial charge is 0.491 e. The molecular weight excluding hydrogens is 314 g/mol. The first-order valence-corrected chi connectivity index (χ1v) is 6.54. The number of nitrogens with two attached hydrogens (primary N) is 1. The molecule has 1 atom stereocenters. The summed E-state index contributed by atoms with van der Waals surface area (Å²) in [4.78, 5) is 21.8. The molecule has 6 heteroatoms. The van der Waals surface area contributed by atoms with Gasteiger partial charge in [-0.1, -0.05) is 15.9 Å². The molecule has 1 rings (SSSR count). The number of methoxy groups -OCH3 is 1. The summed E-state index contributed by atoms with van der Waals surface area (Å²) in [6, 6.07) is 3.32. The van der Waals surface area contributed by atoms with Crippen LogP contribution in [0.15, 0.2) is 12.1 Å². The number of primary amides is 1. The number of halogens is 1. The van der Waals surface area contributed by atoms with Gasteiger partial charge in [0.2, 0.25) is 5.91 Å². The van der Waals surface area contributed by atoms with Crippen molar-refractivity contribution in [1.82, 2.24) is 0 Å². The minimum Gasteiger partial charge on any atom is -0.491 e. The Balaban J connectivity index is 2.85. The van der Waals surface area contributed by atoms with Crippen LogP contribution >= 0.6 is 15.9 Å². The molecule has 1 unspecified atom stereocenters. The van der Waals surface area contributed by atoms with Gasteiger partial charge >= 0.3 is 5.97 Å². The Hall–Kier alpha value is -1.56. The van der Waals surface area contributed by atoms with Crippen LogP contribution in [0.1, 0.15) is 21.5 Å². The third-order valence-electron chi connectivity index (χ3n) is 2.58. The molecule has 0 bridgehead atoms. The van der Waals surface area contributed by atoms with Gasteiger partial charge in [0.25, 0.3) is 0 Å².